The Hall–Kier alpha value is -1.96. The number of amides is 1. The summed E-state index contributed by atoms with van der Waals surface area (Å²) in [6, 6.07) is 5.15. The molecule has 0 aliphatic rings. The molecule has 96 valence electrons. The average Bonchev–Trinajstić information content (AvgIpc) is 2.30. The molecule has 18 heavy (non-hydrogen) atoms. The van der Waals surface area contributed by atoms with Crippen LogP contribution in [0.2, 0.25) is 0 Å². The molecule has 1 rings (SSSR count). The Balaban J connectivity index is 2.80. The second kappa shape index (κ2) is 6.10. The topological polar surface area (TPSA) is 44.1 Å². The average molecular weight is 252 g/mol. The van der Waals surface area contributed by atoms with Crippen molar-refractivity contribution in [1.82, 2.24) is 4.90 Å². The molecule has 0 aliphatic heterocycles. The van der Waals surface area contributed by atoms with E-state index in [-0.39, 0.29) is 24.9 Å². The normalized spacial score (nSPS) is 10.2. The van der Waals surface area contributed by atoms with E-state index in [4.69, 9.17) is 5.26 Å². The van der Waals surface area contributed by atoms with Gasteiger partial charge in [-0.05, 0) is 31.5 Å². The quantitative estimate of drug-likeness (QED) is 0.771. The summed E-state index contributed by atoms with van der Waals surface area (Å²) in [4.78, 5) is 13.3. The molecule has 5 heteroatoms. The van der Waals surface area contributed by atoms with Crippen LogP contribution in [0.3, 0.4) is 0 Å². The van der Waals surface area contributed by atoms with Crippen LogP contribution < -0.4 is 0 Å². The van der Waals surface area contributed by atoms with Crippen molar-refractivity contribution in [2.75, 3.05) is 6.54 Å². The molecule has 0 spiro atoms. The van der Waals surface area contributed by atoms with E-state index < -0.39 is 11.6 Å². The predicted molar refractivity (Wildman–Crippen MR) is 62.5 cm³/mol. The molecule has 0 saturated heterocycles. The fourth-order valence-corrected chi connectivity index (χ4v) is 1.56. The summed E-state index contributed by atoms with van der Waals surface area (Å²) in [6.45, 7) is 3.57. The molecule has 0 radical (unpaired) electrons. The standard InChI is InChI=1S/C13H14F2N2O/c1-9(2)17(6-5-16)13(18)8-10-3-4-11(14)12(15)7-10/h3-4,7,9H,6,8H2,1-2H3. The number of benzene rings is 1. The second-order valence-corrected chi connectivity index (χ2v) is 4.20. The van der Waals surface area contributed by atoms with E-state index >= 15 is 0 Å². The van der Waals surface area contributed by atoms with Crippen molar-refractivity contribution >= 4 is 5.91 Å². The third-order valence-corrected chi connectivity index (χ3v) is 2.52. The molecule has 0 bridgehead atoms. The molecule has 0 heterocycles. The molecule has 0 saturated carbocycles. The molecule has 3 nitrogen and oxygen atoms in total. The summed E-state index contributed by atoms with van der Waals surface area (Å²) in [6.07, 6.45) is -0.0446. The lowest BCUT2D eigenvalue weighted by Crippen LogP contribution is -2.38. The van der Waals surface area contributed by atoms with Crippen LogP contribution in [0, 0.1) is 23.0 Å². The van der Waals surface area contributed by atoms with Crippen molar-refractivity contribution in [3.8, 4) is 6.07 Å². The summed E-state index contributed by atoms with van der Waals surface area (Å²) in [5.41, 5.74) is 0.391. The van der Waals surface area contributed by atoms with Crippen molar-refractivity contribution in [2.24, 2.45) is 0 Å². The number of carbonyl (C=O) groups excluding carboxylic acids is 1. The molecule has 1 aromatic carbocycles. The van der Waals surface area contributed by atoms with E-state index in [1.54, 1.807) is 13.8 Å². The minimum Gasteiger partial charge on any atom is -0.327 e. The van der Waals surface area contributed by atoms with Gasteiger partial charge >= 0.3 is 0 Å². The Morgan fingerprint density at radius 2 is 2.06 bits per heavy atom. The fourth-order valence-electron chi connectivity index (χ4n) is 1.56. The number of carbonyl (C=O) groups is 1. The lowest BCUT2D eigenvalue weighted by atomic mass is 10.1. The smallest absolute Gasteiger partial charge is 0.228 e. The zero-order chi connectivity index (χ0) is 13.7. The van der Waals surface area contributed by atoms with Gasteiger partial charge in [-0.15, -0.1) is 0 Å². The monoisotopic (exact) mass is 252 g/mol. The summed E-state index contributed by atoms with van der Waals surface area (Å²) >= 11 is 0. The van der Waals surface area contributed by atoms with E-state index in [9.17, 15) is 13.6 Å². The maximum atomic E-state index is 13.0. The van der Waals surface area contributed by atoms with Crippen LogP contribution in [-0.2, 0) is 11.2 Å². The third kappa shape index (κ3) is 3.52. The maximum absolute atomic E-state index is 13.0. The van der Waals surface area contributed by atoms with Gasteiger partial charge in [0.15, 0.2) is 11.6 Å². The number of nitrogens with zero attached hydrogens (tertiary/aromatic N) is 2. The minimum absolute atomic E-state index is 0.0137. The van der Waals surface area contributed by atoms with Crippen LogP contribution in [0.4, 0.5) is 8.78 Å². The van der Waals surface area contributed by atoms with Crippen LogP contribution >= 0.6 is 0 Å². The minimum atomic E-state index is -0.975. The molecule has 1 amide bonds. The van der Waals surface area contributed by atoms with Gasteiger partial charge in [0.05, 0.1) is 12.5 Å². The van der Waals surface area contributed by atoms with Crippen molar-refractivity contribution in [3.63, 3.8) is 0 Å². The van der Waals surface area contributed by atoms with Gasteiger partial charge in [0.2, 0.25) is 5.91 Å². The van der Waals surface area contributed by atoms with E-state index in [0.717, 1.165) is 12.1 Å². The molecule has 1 aromatic rings. The zero-order valence-corrected chi connectivity index (χ0v) is 10.3. The van der Waals surface area contributed by atoms with Crippen molar-refractivity contribution in [3.05, 3.63) is 35.4 Å². The van der Waals surface area contributed by atoms with E-state index in [1.165, 1.54) is 11.0 Å². The van der Waals surface area contributed by atoms with Crippen LogP contribution in [0.5, 0.6) is 0 Å². The highest BCUT2D eigenvalue weighted by Crippen LogP contribution is 2.11. The molecule has 0 aromatic heterocycles. The molecule has 0 unspecified atom stereocenters. The summed E-state index contributed by atoms with van der Waals surface area (Å²) in [7, 11) is 0. The first kappa shape index (κ1) is 14.1. The van der Waals surface area contributed by atoms with Gasteiger partial charge in [-0.2, -0.15) is 5.26 Å². The first-order valence-electron chi connectivity index (χ1n) is 5.56. The highest BCUT2D eigenvalue weighted by molar-refractivity contribution is 5.79. The molecule has 0 N–H and O–H groups in total. The zero-order valence-electron chi connectivity index (χ0n) is 10.3. The number of halogens is 2. The highest BCUT2D eigenvalue weighted by Gasteiger charge is 2.17. The maximum Gasteiger partial charge on any atom is 0.228 e. The van der Waals surface area contributed by atoms with Gasteiger partial charge in [0, 0.05) is 6.04 Å². The molecule has 0 fully saturated rings. The number of hydrogen-bond donors (Lipinski definition) is 0. The van der Waals surface area contributed by atoms with Crippen molar-refractivity contribution in [1.29, 1.82) is 5.26 Å². The Morgan fingerprint density at radius 1 is 1.39 bits per heavy atom. The number of nitriles is 1. The third-order valence-electron chi connectivity index (χ3n) is 2.52. The number of hydrogen-bond acceptors (Lipinski definition) is 2. The van der Waals surface area contributed by atoms with Crippen molar-refractivity contribution in [2.45, 2.75) is 26.3 Å². The first-order chi connectivity index (χ1) is 8.45. The lowest BCUT2D eigenvalue weighted by molar-refractivity contribution is -0.131. The summed E-state index contributed by atoms with van der Waals surface area (Å²) < 4.78 is 25.7. The summed E-state index contributed by atoms with van der Waals surface area (Å²) in [5, 5.41) is 8.63. The van der Waals surface area contributed by atoms with Crippen LogP contribution in [0.25, 0.3) is 0 Å². The van der Waals surface area contributed by atoms with Gasteiger partial charge in [0.1, 0.15) is 6.54 Å². The predicted octanol–water partition coefficient (Wildman–Crippen LogP) is 2.27. The van der Waals surface area contributed by atoms with Gasteiger partial charge in [-0.25, -0.2) is 8.78 Å². The van der Waals surface area contributed by atoms with Crippen molar-refractivity contribution < 1.29 is 13.6 Å². The van der Waals surface area contributed by atoms with Crippen LogP contribution in [0.1, 0.15) is 19.4 Å². The molecule has 0 aliphatic carbocycles. The second-order valence-electron chi connectivity index (χ2n) is 4.20. The van der Waals surface area contributed by atoms with E-state index in [1.807, 2.05) is 6.07 Å². The highest BCUT2D eigenvalue weighted by atomic mass is 19.2. The Labute approximate surface area is 105 Å². The van der Waals surface area contributed by atoms with Gasteiger partial charge in [-0.1, -0.05) is 6.07 Å². The Kier molecular flexibility index (Phi) is 4.78. The van der Waals surface area contributed by atoms with Gasteiger partial charge in [0.25, 0.3) is 0 Å². The molecular formula is C13H14F2N2O. The van der Waals surface area contributed by atoms with E-state index in [2.05, 4.69) is 0 Å². The first-order valence-corrected chi connectivity index (χ1v) is 5.56. The SMILES string of the molecule is CC(C)N(CC#N)C(=O)Cc1ccc(F)c(F)c1. The molecular weight excluding hydrogens is 238 g/mol. The number of rotatable bonds is 4. The van der Waals surface area contributed by atoms with Crippen LogP contribution in [-0.4, -0.2) is 23.4 Å². The lowest BCUT2D eigenvalue weighted by Gasteiger charge is -2.23. The largest absolute Gasteiger partial charge is 0.327 e. The fraction of sp³-hybridized carbons (Fsp3) is 0.385. The van der Waals surface area contributed by atoms with E-state index in [0.29, 0.717) is 5.56 Å². The van der Waals surface area contributed by atoms with Gasteiger partial charge < -0.3 is 4.90 Å². The Bertz CT molecular complexity index is 480. The summed E-state index contributed by atoms with van der Waals surface area (Å²) in [5.74, 6) is -2.20. The van der Waals surface area contributed by atoms with Crippen LogP contribution in [0.15, 0.2) is 18.2 Å². The van der Waals surface area contributed by atoms with Gasteiger partial charge in [-0.3, -0.25) is 4.79 Å². The molecule has 0 atom stereocenters. The Morgan fingerprint density at radius 3 is 2.56 bits per heavy atom.